The lowest BCUT2D eigenvalue weighted by Gasteiger charge is -2.24. The number of hydrogen-bond donors (Lipinski definition) is 3. The Bertz CT molecular complexity index is 636. The van der Waals surface area contributed by atoms with Gasteiger partial charge in [0.25, 0.3) is 5.91 Å². The standard InChI is InChI=1S/C16H20N2O4S/c1-9(2)13-7-10(8-23-13)14(19)17-18-15(20)11-5-3-4-6-12(11)16(21)22/h3-4,7-9,11-12H,5-6H2,1-2H3,(H,17,19)(H,18,20)(H,21,22). The summed E-state index contributed by atoms with van der Waals surface area (Å²) in [6.07, 6.45) is 4.23. The SMILES string of the molecule is CC(C)c1cc(C(=O)NNC(=O)C2CC=CCC2C(=O)O)cs1. The van der Waals surface area contributed by atoms with Gasteiger partial charge in [-0.25, -0.2) is 0 Å². The minimum absolute atomic E-state index is 0.323. The molecule has 2 amide bonds. The van der Waals surface area contributed by atoms with Crippen LogP contribution in [0.3, 0.4) is 0 Å². The summed E-state index contributed by atoms with van der Waals surface area (Å²) in [5, 5.41) is 10.9. The fraction of sp³-hybridized carbons (Fsp3) is 0.438. The lowest BCUT2D eigenvalue weighted by atomic mass is 9.82. The summed E-state index contributed by atoms with van der Waals surface area (Å²) >= 11 is 1.49. The minimum Gasteiger partial charge on any atom is -0.481 e. The second kappa shape index (κ2) is 7.41. The molecule has 2 rings (SSSR count). The predicted molar refractivity (Wildman–Crippen MR) is 87.0 cm³/mol. The first-order valence-electron chi connectivity index (χ1n) is 7.46. The number of carbonyl (C=O) groups excluding carboxylic acids is 2. The third kappa shape index (κ3) is 4.19. The van der Waals surface area contributed by atoms with E-state index in [1.54, 1.807) is 23.6 Å². The van der Waals surface area contributed by atoms with Crippen LogP contribution in [0.25, 0.3) is 0 Å². The number of rotatable bonds is 4. The molecule has 7 heteroatoms. The van der Waals surface area contributed by atoms with E-state index in [9.17, 15) is 14.4 Å². The van der Waals surface area contributed by atoms with Crippen LogP contribution in [0.2, 0.25) is 0 Å². The lowest BCUT2D eigenvalue weighted by Crippen LogP contribution is -2.47. The lowest BCUT2D eigenvalue weighted by molar-refractivity contribution is -0.147. The van der Waals surface area contributed by atoms with Crippen LogP contribution in [-0.2, 0) is 9.59 Å². The van der Waals surface area contributed by atoms with Crippen LogP contribution in [0.5, 0.6) is 0 Å². The van der Waals surface area contributed by atoms with Crippen molar-refractivity contribution in [1.82, 2.24) is 10.9 Å². The number of nitrogens with one attached hydrogen (secondary N) is 2. The van der Waals surface area contributed by atoms with Gasteiger partial charge in [-0.3, -0.25) is 25.2 Å². The third-order valence-corrected chi connectivity index (χ3v) is 5.07. The molecule has 2 atom stereocenters. The van der Waals surface area contributed by atoms with Crippen LogP contribution < -0.4 is 10.9 Å². The summed E-state index contributed by atoms with van der Waals surface area (Å²) < 4.78 is 0. The molecule has 0 bridgehead atoms. The molecule has 1 aliphatic rings. The Morgan fingerprint density at radius 3 is 2.39 bits per heavy atom. The van der Waals surface area contributed by atoms with Crippen molar-refractivity contribution in [3.63, 3.8) is 0 Å². The first kappa shape index (κ1) is 17.2. The van der Waals surface area contributed by atoms with E-state index in [2.05, 4.69) is 10.9 Å². The Hall–Kier alpha value is -2.15. The number of carboxylic acid groups (broad SMARTS) is 1. The summed E-state index contributed by atoms with van der Waals surface area (Å²) in [4.78, 5) is 36.5. The summed E-state index contributed by atoms with van der Waals surface area (Å²) in [6.45, 7) is 4.08. The minimum atomic E-state index is -1.000. The molecule has 0 saturated carbocycles. The molecule has 0 radical (unpaired) electrons. The van der Waals surface area contributed by atoms with Crippen molar-refractivity contribution in [1.29, 1.82) is 0 Å². The van der Waals surface area contributed by atoms with Gasteiger partial charge in [0.2, 0.25) is 5.91 Å². The van der Waals surface area contributed by atoms with Crippen LogP contribution in [0.4, 0.5) is 0 Å². The van der Waals surface area contributed by atoms with Gasteiger partial charge >= 0.3 is 5.97 Å². The van der Waals surface area contributed by atoms with Crippen molar-refractivity contribution in [3.05, 3.63) is 34.0 Å². The molecule has 0 saturated heterocycles. The number of hydrazine groups is 1. The summed E-state index contributed by atoms with van der Waals surface area (Å²) in [7, 11) is 0. The molecule has 2 unspecified atom stereocenters. The second-order valence-electron chi connectivity index (χ2n) is 5.83. The zero-order valence-corrected chi connectivity index (χ0v) is 13.9. The van der Waals surface area contributed by atoms with Crippen LogP contribution in [0, 0.1) is 11.8 Å². The Morgan fingerprint density at radius 1 is 1.17 bits per heavy atom. The molecule has 3 N–H and O–H groups in total. The van der Waals surface area contributed by atoms with Gasteiger partial charge < -0.3 is 5.11 Å². The monoisotopic (exact) mass is 336 g/mol. The molecule has 0 aliphatic heterocycles. The highest BCUT2D eigenvalue weighted by Crippen LogP contribution is 2.26. The number of amides is 2. The Balaban J connectivity index is 1.93. The maximum atomic E-state index is 12.1. The molecule has 0 aromatic carbocycles. The largest absolute Gasteiger partial charge is 0.481 e. The number of carboxylic acids is 1. The molecule has 6 nitrogen and oxygen atoms in total. The Labute approximate surface area is 138 Å². The van der Waals surface area contributed by atoms with Crippen molar-refractivity contribution in [2.45, 2.75) is 32.6 Å². The highest BCUT2D eigenvalue weighted by molar-refractivity contribution is 7.10. The summed E-state index contributed by atoms with van der Waals surface area (Å²) in [5.41, 5.74) is 5.19. The maximum absolute atomic E-state index is 12.1. The summed E-state index contributed by atoms with van der Waals surface area (Å²) in [6, 6.07) is 1.79. The van der Waals surface area contributed by atoms with Gasteiger partial charge in [0, 0.05) is 10.3 Å². The number of thiophene rings is 1. The van der Waals surface area contributed by atoms with Gasteiger partial charge in [-0.1, -0.05) is 26.0 Å². The van der Waals surface area contributed by atoms with E-state index >= 15 is 0 Å². The number of hydrogen-bond acceptors (Lipinski definition) is 4. The zero-order valence-electron chi connectivity index (χ0n) is 13.0. The normalized spacial score (nSPS) is 20.3. The molecule has 1 aromatic rings. The van der Waals surface area contributed by atoms with E-state index in [0.717, 1.165) is 4.88 Å². The molecule has 23 heavy (non-hydrogen) atoms. The van der Waals surface area contributed by atoms with E-state index in [1.807, 2.05) is 13.8 Å². The quantitative estimate of drug-likeness (QED) is 0.581. The van der Waals surface area contributed by atoms with Crippen molar-refractivity contribution < 1.29 is 19.5 Å². The van der Waals surface area contributed by atoms with Crippen molar-refractivity contribution in [2.75, 3.05) is 0 Å². The third-order valence-electron chi connectivity index (χ3n) is 3.84. The van der Waals surface area contributed by atoms with Crippen molar-refractivity contribution in [3.8, 4) is 0 Å². The Morgan fingerprint density at radius 2 is 1.83 bits per heavy atom. The predicted octanol–water partition coefficient (Wildman–Crippen LogP) is 2.30. The van der Waals surface area contributed by atoms with Crippen LogP contribution in [0.1, 0.15) is 47.8 Å². The molecule has 1 heterocycles. The van der Waals surface area contributed by atoms with E-state index in [0.29, 0.717) is 24.3 Å². The first-order valence-corrected chi connectivity index (χ1v) is 8.34. The fourth-order valence-corrected chi connectivity index (χ4v) is 3.34. The van der Waals surface area contributed by atoms with Crippen molar-refractivity contribution >= 4 is 29.1 Å². The van der Waals surface area contributed by atoms with Gasteiger partial charge in [0.05, 0.1) is 17.4 Å². The van der Waals surface area contributed by atoms with E-state index in [-0.39, 0.29) is 0 Å². The van der Waals surface area contributed by atoms with Crippen LogP contribution in [0.15, 0.2) is 23.6 Å². The van der Waals surface area contributed by atoms with Crippen molar-refractivity contribution in [2.24, 2.45) is 11.8 Å². The smallest absolute Gasteiger partial charge is 0.307 e. The molecule has 1 aliphatic carbocycles. The summed E-state index contributed by atoms with van der Waals surface area (Å²) in [5.74, 6) is -2.98. The van der Waals surface area contributed by atoms with Gasteiger partial charge in [0.1, 0.15) is 0 Å². The highest BCUT2D eigenvalue weighted by atomic mass is 32.1. The van der Waals surface area contributed by atoms with Gasteiger partial charge in [-0.05, 0) is 24.8 Å². The average Bonchev–Trinajstić information content (AvgIpc) is 3.02. The van der Waals surface area contributed by atoms with E-state index in [1.165, 1.54) is 11.3 Å². The second-order valence-corrected chi connectivity index (χ2v) is 6.77. The molecular weight excluding hydrogens is 316 g/mol. The molecule has 1 aromatic heterocycles. The van der Waals surface area contributed by atoms with E-state index in [4.69, 9.17) is 5.11 Å². The highest BCUT2D eigenvalue weighted by Gasteiger charge is 2.34. The topological polar surface area (TPSA) is 95.5 Å². The molecule has 0 spiro atoms. The van der Waals surface area contributed by atoms with Gasteiger partial charge in [-0.15, -0.1) is 11.3 Å². The van der Waals surface area contributed by atoms with Gasteiger partial charge in [-0.2, -0.15) is 0 Å². The van der Waals surface area contributed by atoms with Crippen LogP contribution >= 0.6 is 11.3 Å². The molecule has 0 fully saturated rings. The first-order chi connectivity index (χ1) is 10.9. The fourth-order valence-electron chi connectivity index (χ4n) is 2.43. The van der Waals surface area contributed by atoms with Crippen LogP contribution in [-0.4, -0.2) is 22.9 Å². The molecular formula is C16H20N2O4S. The van der Waals surface area contributed by atoms with E-state index < -0.39 is 29.6 Å². The number of aliphatic carboxylic acids is 1. The maximum Gasteiger partial charge on any atom is 0.307 e. The average molecular weight is 336 g/mol. The zero-order chi connectivity index (χ0) is 17.0. The van der Waals surface area contributed by atoms with Gasteiger partial charge in [0.15, 0.2) is 0 Å². The molecule has 124 valence electrons. The Kier molecular flexibility index (Phi) is 5.54. The number of carbonyl (C=O) groups is 3. The number of allylic oxidation sites excluding steroid dienone is 2.